The van der Waals surface area contributed by atoms with Crippen molar-refractivity contribution in [2.45, 2.75) is 71.9 Å². The van der Waals surface area contributed by atoms with Gasteiger partial charge >= 0.3 is 0 Å². The molecule has 2 rings (SSSR count). The van der Waals surface area contributed by atoms with Crippen molar-refractivity contribution >= 4 is 17.7 Å². The topological polar surface area (TPSA) is 95.7 Å². The second-order valence-corrected chi connectivity index (χ2v) is 9.25. The van der Waals surface area contributed by atoms with E-state index in [0.717, 1.165) is 25.8 Å². The van der Waals surface area contributed by atoms with Gasteiger partial charge in [-0.15, -0.1) is 0 Å². The standard InChI is InChI=1S/C21H38N4O3/c1-14(2)11-17-20(27)25(10-7-23-17)18(12-15(3)4)21(28)24-8-5-16(6-9-24)13-19(22)26/h14-18,23H,5-13H2,1-4H3,(H2,22,26)/t17-,18-/m0/s1. The van der Waals surface area contributed by atoms with E-state index in [9.17, 15) is 14.4 Å². The molecule has 2 heterocycles. The summed E-state index contributed by atoms with van der Waals surface area (Å²) < 4.78 is 0. The molecule has 2 fully saturated rings. The zero-order valence-electron chi connectivity index (χ0n) is 17.9. The lowest BCUT2D eigenvalue weighted by molar-refractivity contribution is -0.150. The van der Waals surface area contributed by atoms with Crippen molar-refractivity contribution in [3.8, 4) is 0 Å². The van der Waals surface area contributed by atoms with Crippen molar-refractivity contribution in [3.63, 3.8) is 0 Å². The molecular formula is C21H38N4O3. The van der Waals surface area contributed by atoms with Gasteiger partial charge < -0.3 is 20.9 Å². The molecule has 0 unspecified atom stereocenters. The molecule has 7 nitrogen and oxygen atoms in total. The molecule has 0 aromatic rings. The van der Waals surface area contributed by atoms with Crippen LogP contribution in [0.1, 0.15) is 59.8 Å². The van der Waals surface area contributed by atoms with Crippen molar-refractivity contribution in [2.75, 3.05) is 26.2 Å². The Kier molecular flexibility index (Phi) is 8.28. The Hall–Kier alpha value is -1.63. The van der Waals surface area contributed by atoms with Crippen molar-refractivity contribution in [3.05, 3.63) is 0 Å². The molecule has 2 atom stereocenters. The van der Waals surface area contributed by atoms with Crippen LogP contribution in [0.3, 0.4) is 0 Å². The van der Waals surface area contributed by atoms with E-state index in [2.05, 4.69) is 33.0 Å². The van der Waals surface area contributed by atoms with Gasteiger partial charge in [0.05, 0.1) is 6.04 Å². The minimum Gasteiger partial charge on any atom is -0.370 e. The lowest BCUT2D eigenvalue weighted by atomic mass is 9.91. The van der Waals surface area contributed by atoms with Gasteiger partial charge in [0.2, 0.25) is 17.7 Å². The van der Waals surface area contributed by atoms with E-state index in [0.29, 0.717) is 44.3 Å². The number of hydrogen-bond donors (Lipinski definition) is 2. The van der Waals surface area contributed by atoms with Crippen LogP contribution < -0.4 is 11.1 Å². The maximum atomic E-state index is 13.4. The molecule has 160 valence electrons. The Bertz CT molecular complexity index is 556. The van der Waals surface area contributed by atoms with E-state index < -0.39 is 6.04 Å². The highest BCUT2D eigenvalue weighted by Gasteiger charge is 2.39. The fourth-order valence-corrected chi connectivity index (χ4v) is 4.38. The molecule has 3 N–H and O–H groups in total. The van der Waals surface area contributed by atoms with Gasteiger partial charge in [0.15, 0.2) is 0 Å². The van der Waals surface area contributed by atoms with Crippen molar-refractivity contribution in [1.29, 1.82) is 0 Å². The van der Waals surface area contributed by atoms with Gasteiger partial charge in [-0.3, -0.25) is 14.4 Å². The molecule has 2 saturated heterocycles. The van der Waals surface area contributed by atoms with Gasteiger partial charge in [0.25, 0.3) is 0 Å². The van der Waals surface area contributed by atoms with E-state index in [1.165, 1.54) is 0 Å². The maximum absolute atomic E-state index is 13.4. The number of nitrogens with two attached hydrogens (primary N) is 1. The zero-order chi connectivity index (χ0) is 20.8. The summed E-state index contributed by atoms with van der Waals surface area (Å²) in [5.41, 5.74) is 5.31. The third kappa shape index (κ3) is 6.19. The van der Waals surface area contributed by atoms with Crippen LogP contribution in [0.2, 0.25) is 0 Å². The number of amides is 3. The molecule has 3 amide bonds. The number of rotatable bonds is 8. The van der Waals surface area contributed by atoms with Crippen molar-refractivity contribution in [2.24, 2.45) is 23.5 Å². The predicted molar refractivity (Wildman–Crippen MR) is 109 cm³/mol. The highest BCUT2D eigenvalue weighted by molar-refractivity contribution is 5.90. The number of piperazine rings is 1. The number of nitrogens with zero attached hydrogens (tertiary/aromatic N) is 2. The second kappa shape index (κ2) is 10.2. The van der Waals surface area contributed by atoms with Crippen molar-refractivity contribution in [1.82, 2.24) is 15.1 Å². The van der Waals surface area contributed by atoms with E-state index >= 15 is 0 Å². The minimum atomic E-state index is -0.392. The van der Waals surface area contributed by atoms with Gasteiger partial charge in [-0.05, 0) is 43.4 Å². The van der Waals surface area contributed by atoms with Crippen molar-refractivity contribution < 1.29 is 14.4 Å². The minimum absolute atomic E-state index is 0.0579. The molecule has 0 aliphatic carbocycles. The summed E-state index contributed by atoms with van der Waals surface area (Å²) in [7, 11) is 0. The van der Waals surface area contributed by atoms with Crippen LogP contribution >= 0.6 is 0 Å². The van der Waals surface area contributed by atoms with Crippen LogP contribution in [0.15, 0.2) is 0 Å². The highest BCUT2D eigenvalue weighted by Crippen LogP contribution is 2.24. The van der Waals surface area contributed by atoms with Crippen LogP contribution in [0.4, 0.5) is 0 Å². The molecule has 28 heavy (non-hydrogen) atoms. The number of carbonyl (C=O) groups excluding carboxylic acids is 3. The third-order valence-corrected chi connectivity index (χ3v) is 5.80. The van der Waals surface area contributed by atoms with Crippen LogP contribution in [0.25, 0.3) is 0 Å². The molecule has 0 aromatic heterocycles. The molecular weight excluding hydrogens is 356 g/mol. The normalized spacial score (nSPS) is 22.8. The number of hydrogen-bond acceptors (Lipinski definition) is 4. The summed E-state index contributed by atoms with van der Waals surface area (Å²) in [6.45, 7) is 11.0. The summed E-state index contributed by atoms with van der Waals surface area (Å²) in [6.07, 6.45) is 3.46. The maximum Gasteiger partial charge on any atom is 0.245 e. The fraction of sp³-hybridized carbons (Fsp3) is 0.857. The first-order valence-electron chi connectivity index (χ1n) is 10.8. The zero-order valence-corrected chi connectivity index (χ0v) is 17.9. The van der Waals surface area contributed by atoms with Crippen LogP contribution in [0.5, 0.6) is 0 Å². The Morgan fingerprint density at radius 1 is 1.11 bits per heavy atom. The second-order valence-electron chi connectivity index (χ2n) is 9.25. The lowest BCUT2D eigenvalue weighted by Gasteiger charge is -2.42. The summed E-state index contributed by atoms with van der Waals surface area (Å²) in [5, 5.41) is 3.32. The van der Waals surface area contributed by atoms with Crippen LogP contribution in [0, 0.1) is 17.8 Å². The van der Waals surface area contributed by atoms with Crippen LogP contribution in [-0.2, 0) is 14.4 Å². The van der Waals surface area contributed by atoms with E-state index in [-0.39, 0.29) is 29.7 Å². The molecule has 0 saturated carbocycles. The van der Waals surface area contributed by atoms with Gasteiger partial charge in [-0.2, -0.15) is 0 Å². The lowest BCUT2D eigenvalue weighted by Crippen LogP contribution is -2.62. The average Bonchev–Trinajstić information content (AvgIpc) is 2.61. The Labute approximate surface area is 169 Å². The van der Waals surface area contributed by atoms with E-state index in [1.54, 1.807) is 0 Å². The molecule has 0 spiro atoms. The molecule has 2 aliphatic heterocycles. The number of carbonyl (C=O) groups is 3. The fourth-order valence-electron chi connectivity index (χ4n) is 4.38. The Balaban J connectivity index is 2.07. The predicted octanol–water partition coefficient (Wildman–Crippen LogP) is 1.36. The van der Waals surface area contributed by atoms with E-state index in [1.807, 2.05) is 9.80 Å². The van der Waals surface area contributed by atoms with E-state index in [4.69, 9.17) is 5.73 Å². The Morgan fingerprint density at radius 3 is 2.29 bits per heavy atom. The first-order valence-corrected chi connectivity index (χ1v) is 10.8. The highest BCUT2D eigenvalue weighted by atomic mass is 16.2. The quantitative estimate of drug-likeness (QED) is 0.650. The van der Waals surface area contributed by atoms with Gasteiger partial charge in [-0.1, -0.05) is 27.7 Å². The largest absolute Gasteiger partial charge is 0.370 e. The van der Waals surface area contributed by atoms with Gasteiger partial charge in [-0.25, -0.2) is 0 Å². The van der Waals surface area contributed by atoms with Gasteiger partial charge in [0.1, 0.15) is 6.04 Å². The SMILES string of the molecule is CC(C)C[C@@H]1NCCN([C@@H](CC(C)C)C(=O)N2CCC(CC(N)=O)CC2)C1=O. The Morgan fingerprint density at radius 2 is 1.75 bits per heavy atom. The number of primary amides is 1. The molecule has 2 aliphatic rings. The summed E-state index contributed by atoms with van der Waals surface area (Å²) in [6, 6.07) is -0.588. The number of likely N-dealkylation sites (tertiary alicyclic amines) is 1. The number of nitrogens with one attached hydrogen (secondary N) is 1. The third-order valence-electron chi connectivity index (χ3n) is 5.80. The number of piperidine rings is 1. The molecule has 7 heteroatoms. The summed E-state index contributed by atoms with van der Waals surface area (Å²) in [5.74, 6) is 0.858. The van der Waals surface area contributed by atoms with Crippen LogP contribution in [-0.4, -0.2) is 65.8 Å². The van der Waals surface area contributed by atoms with Gasteiger partial charge in [0, 0.05) is 32.6 Å². The first-order chi connectivity index (χ1) is 13.2. The molecule has 0 radical (unpaired) electrons. The monoisotopic (exact) mass is 394 g/mol. The summed E-state index contributed by atoms with van der Waals surface area (Å²) >= 11 is 0. The first kappa shape index (κ1) is 22.7. The summed E-state index contributed by atoms with van der Waals surface area (Å²) in [4.78, 5) is 41.3. The smallest absolute Gasteiger partial charge is 0.245 e. The average molecular weight is 395 g/mol. The molecule has 0 bridgehead atoms. The molecule has 0 aromatic carbocycles.